The first kappa shape index (κ1) is 17.4. The molecule has 6 nitrogen and oxygen atoms in total. The van der Waals surface area contributed by atoms with Gasteiger partial charge in [0, 0.05) is 5.92 Å². The smallest absolute Gasteiger partial charge is 0.191 e. The maximum Gasteiger partial charge on any atom is 0.191 e. The quantitative estimate of drug-likeness (QED) is 0.847. The zero-order chi connectivity index (χ0) is 18.9. The second-order valence-electron chi connectivity index (χ2n) is 6.54. The van der Waals surface area contributed by atoms with E-state index in [-0.39, 0.29) is 28.7 Å². The number of benzene rings is 1. The molecule has 1 aromatic carbocycles. The normalized spacial score (nSPS) is 23.7. The van der Waals surface area contributed by atoms with E-state index in [4.69, 9.17) is 10.5 Å². The molecule has 6 heteroatoms. The molecule has 2 unspecified atom stereocenters. The molecular formula is C20H18N4O2. The van der Waals surface area contributed by atoms with Crippen molar-refractivity contribution in [1.82, 2.24) is 0 Å². The lowest BCUT2D eigenvalue weighted by Crippen LogP contribution is -2.42. The molecule has 0 heterocycles. The summed E-state index contributed by atoms with van der Waals surface area (Å²) in [5.41, 5.74) is 6.32. The van der Waals surface area contributed by atoms with Gasteiger partial charge in [-0.1, -0.05) is 12.1 Å². The van der Waals surface area contributed by atoms with Crippen LogP contribution in [0.5, 0.6) is 11.5 Å². The first-order chi connectivity index (χ1) is 12.5. The molecule has 3 rings (SSSR count). The molecule has 0 aliphatic heterocycles. The zero-order valence-corrected chi connectivity index (χ0v) is 14.4. The first-order valence-electron chi connectivity index (χ1n) is 8.34. The van der Waals surface area contributed by atoms with Gasteiger partial charge in [-0.2, -0.15) is 15.8 Å². The van der Waals surface area contributed by atoms with Crippen molar-refractivity contribution in [2.45, 2.75) is 25.2 Å². The van der Waals surface area contributed by atoms with Crippen LogP contribution in [0.3, 0.4) is 0 Å². The second-order valence-corrected chi connectivity index (χ2v) is 6.54. The summed E-state index contributed by atoms with van der Waals surface area (Å²) in [6.07, 6.45) is 4.49. The Balaban J connectivity index is 2.32. The van der Waals surface area contributed by atoms with Crippen LogP contribution in [0.15, 0.2) is 41.1 Å². The number of nitrogens with two attached hydrogens (primary N) is 1. The number of allylic oxidation sites excluding steroid dienone is 4. The predicted octanol–water partition coefficient (Wildman–Crippen LogP) is 2.99. The first-order valence-corrected chi connectivity index (χ1v) is 8.34. The van der Waals surface area contributed by atoms with Gasteiger partial charge >= 0.3 is 0 Å². The lowest BCUT2D eigenvalue weighted by molar-refractivity contribution is 0.315. The topological polar surface area (TPSA) is 127 Å². The molecule has 0 aromatic heterocycles. The van der Waals surface area contributed by atoms with Crippen molar-refractivity contribution >= 4 is 0 Å². The zero-order valence-electron chi connectivity index (χ0n) is 14.4. The van der Waals surface area contributed by atoms with Crippen molar-refractivity contribution in [3.8, 4) is 29.7 Å². The van der Waals surface area contributed by atoms with E-state index in [1.807, 2.05) is 6.08 Å². The van der Waals surface area contributed by atoms with E-state index < -0.39 is 11.3 Å². The minimum atomic E-state index is -1.65. The van der Waals surface area contributed by atoms with E-state index in [2.05, 4.69) is 18.2 Å². The molecule has 0 fully saturated rings. The van der Waals surface area contributed by atoms with Gasteiger partial charge in [-0.25, -0.2) is 0 Å². The Morgan fingerprint density at radius 1 is 1.27 bits per heavy atom. The average Bonchev–Trinajstić information content (AvgIpc) is 2.68. The summed E-state index contributed by atoms with van der Waals surface area (Å²) < 4.78 is 5.19. The number of phenolic OH excluding ortho intramolecular Hbond substituents is 1. The highest BCUT2D eigenvalue weighted by molar-refractivity contribution is 5.60. The van der Waals surface area contributed by atoms with E-state index in [9.17, 15) is 20.9 Å². The van der Waals surface area contributed by atoms with E-state index >= 15 is 0 Å². The summed E-state index contributed by atoms with van der Waals surface area (Å²) in [5, 5.41) is 39.4. The second kappa shape index (κ2) is 6.47. The van der Waals surface area contributed by atoms with Crippen molar-refractivity contribution in [2.75, 3.05) is 7.11 Å². The molecule has 1 aromatic rings. The van der Waals surface area contributed by atoms with E-state index in [1.54, 1.807) is 12.1 Å². The van der Waals surface area contributed by atoms with Crippen molar-refractivity contribution < 1.29 is 9.84 Å². The molecule has 2 aliphatic rings. The lowest BCUT2D eigenvalue weighted by atomic mass is 9.57. The predicted molar refractivity (Wildman–Crippen MR) is 93.3 cm³/mol. The van der Waals surface area contributed by atoms with Gasteiger partial charge in [-0.3, -0.25) is 0 Å². The molecule has 0 bridgehead atoms. The number of hydrogen-bond donors (Lipinski definition) is 2. The van der Waals surface area contributed by atoms with E-state index in [0.717, 1.165) is 24.8 Å². The lowest BCUT2D eigenvalue weighted by Gasteiger charge is -2.43. The van der Waals surface area contributed by atoms with Crippen LogP contribution < -0.4 is 10.5 Å². The number of rotatable bonds is 2. The monoisotopic (exact) mass is 346 g/mol. The molecule has 26 heavy (non-hydrogen) atoms. The van der Waals surface area contributed by atoms with Gasteiger partial charge in [0.2, 0.25) is 0 Å². The number of fused-ring (bicyclic) bond motifs is 1. The molecular weight excluding hydrogens is 328 g/mol. The van der Waals surface area contributed by atoms with Crippen LogP contribution in [0.2, 0.25) is 0 Å². The fourth-order valence-corrected chi connectivity index (χ4v) is 4.14. The third-order valence-corrected chi connectivity index (χ3v) is 5.36. The molecule has 0 saturated carbocycles. The van der Waals surface area contributed by atoms with Gasteiger partial charge < -0.3 is 15.6 Å². The van der Waals surface area contributed by atoms with Gasteiger partial charge in [0.15, 0.2) is 16.9 Å². The Morgan fingerprint density at radius 3 is 2.62 bits per heavy atom. The largest absolute Gasteiger partial charge is 0.504 e. The van der Waals surface area contributed by atoms with E-state index in [1.165, 1.54) is 13.2 Å². The standard InChI is InChI=1S/C20H18N4O2/c1-26-17-8-12(6-7-16(17)25)18-14-5-3-2-4-13(14)15(9-21)19(24)20(18,10-22)11-23/h4,6-8,14,18,25H,2-3,5,24H2,1H3. The van der Waals surface area contributed by atoms with Gasteiger partial charge in [0.05, 0.1) is 30.5 Å². The van der Waals surface area contributed by atoms with Crippen molar-refractivity contribution in [2.24, 2.45) is 17.1 Å². The van der Waals surface area contributed by atoms with Gasteiger partial charge in [0.25, 0.3) is 0 Å². The van der Waals surface area contributed by atoms with E-state index in [0.29, 0.717) is 5.56 Å². The maximum atomic E-state index is 9.93. The summed E-state index contributed by atoms with van der Waals surface area (Å²) in [6.45, 7) is 0. The number of ether oxygens (including phenoxy) is 1. The SMILES string of the molecule is COc1cc(C2C3CCCC=C3C(C#N)=C(N)C2(C#N)C#N)ccc1O. The molecule has 2 aliphatic carbocycles. The number of phenols is 1. The Morgan fingerprint density at radius 2 is 2.00 bits per heavy atom. The molecule has 0 amide bonds. The minimum Gasteiger partial charge on any atom is -0.504 e. The maximum absolute atomic E-state index is 9.93. The van der Waals surface area contributed by atoms with Crippen molar-refractivity contribution in [3.63, 3.8) is 0 Å². The number of nitriles is 3. The molecule has 0 radical (unpaired) electrons. The van der Waals surface area contributed by atoms with Gasteiger partial charge in [-0.15, -0.1) is 0 Å². The summed E-state index contributed by atoms with van der Waals surface area (Å²) in [5.74, 6) is -0.468. The van der Waals surface area contributed by atoms with Crippen LogP contribution in [0.25, 0.3) is 0 Å². The molecule has 2 atom stereocenters. The summed E-state index contributed by atoms with van der Waals surface area (Å²) in [7, 11) is 1.44. The van der Waals surface area contributed by atoms with Crippen molar-refractivity contribution in [1.29, 1.82) is 15.8 Å². The van der Waals surface area contributed by atoms with Gasteiger partial charge in [-0.05, 0) is 48.4 Å². The van der Waals surface area contributed by atoms with Gasteiger partial charge in [0.1, 0.15) is 6.07 Å². The molecule has 3 N–H and O–H groups in total. The fourth-order valence-electron chi connectivity index (χ4n) is 4.14. The number of aromatic hydroxyl groups is 1. The van der Waals surface area contributed by atoms with Crippen LogP contribution >= 0.6 is 0 Å². The number of hydrogen-bond acceptors (Lipinski definition) is 6. The highest BCUT2D eigenvalue weighted by Gasteiger charge is 2.53. The average molecular weight is 346 g/mol. The number of methoxy groups -OCH3 is 1. The Kier molecular flexibility index (Phi) is 4.33. The Bertz CT molecular complexity index is 926. The Labute approximate surface area is 152 Å². The number of nitrogens with zero attached hydrogens (tertiary/aromatic N) is 3. The van der Waals surface area contributed by atoms with Crippen molar-refractivity contribution in [3.05, 3.63) is 46.7 Å². The fraction of sp³-hybridized carbons (Fsp3) is 0.350. The third kappa shape index (κ3) is 2.30. The highest BCUT2D eigenvalue weighted by atomic mass is 16.5. The van der Waals surface area contributed by atoms with Crippen LogP contribution in [0.4, 0.5) is 0 Å². The summed E-state index contributed by atoms with van der Waals surface area (Å²) >= 11 is 0. The summed E-state index contributed by atoms with van der Waals surface area (Å²) in [4.78, 5) is 0. The minimum absolute atomic E-state index is 0.00596. The summed E-state index contributed by atoms with van der Waals surface area (Å²) in [6, 6.07) is 11.1. The Hall–Kier alpha value is -3.43. The van der Waals surface area contributed by atoms with Crippen LogP contribution in [0.1, 0.15) is 30.7 Å². The van der Waals surface area contributed by atoms with Crippen LogP contribution in [-0.2, 0) is 0 Å². The third-order valence-electron chi connectivity index (χ3n) is 5.36. The molecule has 0 spiro atoms. The highest BCUT2D eigenvalue weighted by Crippen LogP contribution is 2.56. The molecule has 0 saturated heterocycles. The van der Waals surface area contributed by atoms with Crippen LogP contribution in [0, 0.1) is 45.3 Å². The van der Waals surface area contributed by atoms with Crippen LogP contribution in [-0.4, -0.2) is 12.2 Å². The molecule has 130 valence electrons.